The van der Waals surface area contributed by atoms with Crippen LogP contribution >= 0.6 is 15.9 Å². The number of alkyl halides is 2. The second-order valence-corrected chi connectivity index (χ2v) is 33.2. The Morgan fingerprint density at radius 3 is 1.16 bits per heavy atom. The highest BCUT2D eigenvalue weighted by Gasteiger charge is 2.51. The molecule has 32 nitrogen and oxygen atoms in total. The molecule has 2 fully saturated rings. The van der Waals surface area contributed by atoms with Crippen molar-refractivity contribution in [2.75, 3.05) is 6.54 Å². The second kappa shape index (κ2) is 43.6. The third-order valence-corrected chi connectivity index (χ3v) is 13.0. The van der Waals surface area contributed by atoms with Crippen molar-refractivity contribution in [1.29, 1.82) is 0 Å². The number of carboxylic acid groups (broad SMARTS) is 6. The van der Waals surface area contributed by atoms with Crippen LogP contribution in [0.3, 0.4) is 0 Å². The number of halogens is 3. The SMILES string of the molecule is C#CC[C@H](NC(=O)OC(C)(C)C)C(=O)O.CC(C)(C)OC(=O)C[C@H](NC(=O)OC(C)(C)C)C(=O)O.CC(C)(C)OC(=O)N1CC(F)(F)C[C@H]1C(=O)O.CC(C)(C)OC(=O)N[C@@H](C(=O)O)C(C)(C)C.CC(C)(C)OC(=O)N[C@H](C(=O)O)C1CCCCC1.CC(C)(C)OC(=O)N[C@H](Cc1ccc(Br)cc1)C(=O)O. The van der Waals surface area contributed by atoms with Gasteiger partial charge in [-0.15, -0.1) is 12.3 Å². The number of terminal acetylenes is 1. The van der Waals surface area contributed by atoms with Crippen molar-refractivity contribution in [3.63, 3.8) is 0 Å². The molecule has 6 amide bonds. The van der Waals surface area contributed by atoms with Crippen LogP contribution in [-0.2, 0) is 73.1 Å². The van der Waals surface area contributed by atoms with Gasteiger partial charge in [-0.2, -0.15) is 0 Å². The Balaban J connectivity index is -0.00000120. The number of carbonyl (C=O) groups excluding carboxylic acids is 7. The Labute approximate surface area is 628 Å². The van der Waals surface area contributed by atoms with Gasteiger partial charge in [0.1, 0.15) is 75.5 Å². The van der Waals surface area contributed by atoms with Gasteiger partial charge in [0.05, 0.1) is 13.0 Å². The van der Waals surface area contributed by atoms with Crippen LogP contribution in [0.4, 0.5) is 37.5 Å². The summed E-state index contributed by atoms with van der Waals surface area (Å²) in [5.41, 5.74) is -4.64. The number of nitrogens with zero attached hydrogens (tertiary/aromatic N) is 1. The average Bonchev–Trinajstić information content (AvgIpc) is 1.65. The van der Waals surface area contributed by atoms with Gasteiger partial charge in [0.25, 0.3) is 5.92 Å². The fraction of sp³-hybridized carbons (Fsp3) is 0.704. The van der Waals surface area contributed by atoms with Crippen molar-refractivity contribution in [2.45, 2.75) is 305 Å². The molecule has 6 atom stereocenters. The molecule has 1 heterocycles. The van der Waals surface area contributed by atoms with Gasteiger partial charge in [-0.3, -0.25) is 9.69 Å². The summed E-state index contributed by atoms with van der Waals surface area (Å²) in [7, 11) is 0. The van der Waals surface area contributed by atoms with Crippen LogP contribution in [0.25, 0.3) is 0 Å². The van der Waals surface area contributed by atoms with Crippen molar-refractivity contribution < 1.29 is 135 Å². The van der Waals surface area contributed by atoms with Crippen LogP contribution in [-0.4, -0.2) is 202 Å². The van der Waals surface area contributed by atoms with Gasteiger partial charge in [0.2, 0.25) is 0 Å². The molecule has 2 aliphatic rings. The number of alkyl carbamates (subject to hydrolysis) is 5. The summed E-state index contributed by atoms with van der Waals surface area (Å²) in [4.78, 5) is 147. The lowest BCUT2D eigenvalue weighted by molar-refractivity contribution is -0.158. The zero-order valence-electron chi connectivity index (χ0n) is 65.4. The summed E-state index contributed by atoms with van der Waals surface area (Å²) in [6.45, 7) is 39.6. The number of amides is 6. The number of carboxylic acids is 6. The van der Waals surface area contributed by atoms with Gasteiger partial charge in [-0.05, 0) is 187 Å². The molecule has 0 bridgehead atoms. The first-order valence-corrected chi connectivity index (χ1v) is 34.4. The molecule has 0 radical (unpaired) electrons. The molecule has 606 valence electrons. The highest BCUT2D eigenvalue weighted by Crippen LogP contribution is 2.33. The lowest BCUT2D eigenvalue weighted by Gasteiger charge is -2.29. The van der Waals surface area contributed by atoms with Crippen molar-refractivity contribution in [3.05, 3.63) is 34.3 Å². The van der Waals surface area contributed by atoms with Gasteiger partial charge < -0.3 is 90.4 Å². The Kier molecular flexibility index (Phi) is 41.6. The number of hydrogen-bond donors (Lipinski definition) is 11. The molecule has 1 aliphatic heterocycles. The molecule has 35 heteroatoms. The zero-order chi connectivity index (χ0) is 83.9. The average molecular weight is 1590 g/mol. The largest absolute Gasteiger partial charge is 0.480 e. The van der Waals surface area contributed by atoms with E-state index in [-0.39, 0.29) is 18.8 Å². The Bertz CT molecular complexity index is 3090. The molecule has 1 aromatic rings. The van der Waals surface area contributed by atoms with E-state index in [1.807, 2.05) is 12.1 Å². The minimum Gasteiger partial charge on any atom is -0.480 e. The monoisotopic (exact) mass is 1580 g/mol. The summed E-state index contributed by atoms with van der Waals surface area (Å²) in [6, 6.07) is 0.398. The van der Waals surface area contributed by atoms with E-state index in [4.69, 9.17) is 65.1 Å². The number of aliphatic carboxylic acids is 6. The van der Waals surface area contributed by atoms with Crippen molar-refractivity contribution in [2.24, 2.45) is 11.3 Å². The van der Waals surface area contributed by atoms with Gasteiger partial charge in [-0.1, -0.05) is 68.1 Å². The van der Waals surface area contributed by atoms with E-state index in [9.17, 15) is 76.2 Å². The number of benzene rings is 1. The minimum atomic E-state index is -3.18. The smallest absolute Gasteiger partial charge is 0.411 e. The molecule has 1 aliphatic carbocycles. The normalized spacial score (nSPS) is 15.8. The molecule has 0 aromatic heterocycles. The van der Waals surface area contributed by atoms with Gasteiger partial charge in [0, 0.05) is 23.7 Å². The maximum atomic E-state index is 13.1. The highest BCUT2D eigenvalue weighted by molar-refractivity contribution is 9.10. The number of rotatable bonds is 17. The van der Waals surface area contributed by atoms with E-state index in [0.29, 0.717) is 4.90 Å². The summed E-state index contributed by atoms with van der Waals surface area (Å²) in [5.74, 6) is -8.82. The van der Waals surface area contributed by atoms with Crippen LogP contribution in [0.1, 0.15) is 223 Å². The molecule has 11 N–H and O–H groups in total. The zero-order valence-corrected chi connectivity index (χ0v) is 67.0. The Morgan fingerprint density at radius 1 is 0.491 bits per heavy atom. The van der Waals surface area contributed by atoms with E-state index in [1.54, 1.807) is 178 Å². The first-order valence-electron chi connectivity index (χ1n) is 33.6. The number of hydrogen-bond acceptors (Lipinski definition) is 20. The molecule has 3 rings (SSSR count). The van der Waals surface area contributed by atoms with E-state index < -0.39 is 185 Å². The summed E-state index contributed by atoms with van der Waals surface area (Å²) >= 11 is 3.31. The summed E-state index contributed by atoms with van der Waals surface area (Å²) < 4.78 is 61.9. The molecule has 1 saturated heterocycles. The predicted octanol–water partition coefficient (Wildman–Crippen LogP) is 11.9. The quantitative estimate of drug-likeness (QED) is 0.0392. The van der Waals surface area contributed by atoms with Crippen molar-refractivity contribution in [3.8, 4) is 12.3 Å². The van der Waals surface area contributed by atoms with E-state index >= 15 is 0 Å². The number of ether oxygens (including phenoxy) is 7. The predicted molar refractivity (Wildman–Crippen MR) is 386 cm³/mol. The maximum Gasteiger partial charge on any atom is 0.411 e. The first kappa shape index (κ1) is 101. The lowest BCUT2D eigenvalue weighted by Crippen LogP contribution is -2.50. The maximum absolute atomic E-state index is 13.1. The third-order valence-electron chi connectivity index (χ3n) is 12.4. The number of nitrogens with one attached hydrogen (secondary N) is 5. The molecule has 0 spiro atoms. The van der Waals surface area contributed by atoms with Gasteiger partial charge in [0.15, 0.2) is 0 Å². The van der Waals surface area contributed by atoms with Gasteiger partial charge >= 0.3 is 78.3 Å². The van der Waals surface area contributed by atoms with E-state index in [2.05, 4.69) is 48.4 Å². The number of carbonyl (C=O) groups is 13. The standard InChI is InChI=1S/C14H18BrNO4.C13H23NO6.C13H23NO4.C11H21NO4.C10H15F2NO4.C10H15NO4/c1-14(2,3)20-13(19)16-11(12(17)18)8-9-4-6-10(15)7-5-9;1-12(2,3)19-9(15)7-8(10(16)17)14-11(18)20-13(4,5)6;1-13(2,3)18-12(17)14-10(11(15)16)9-7-5-4-6-8-9;1-10(2,3)7(8(13)14)12-9(15)16-11(4,5)6;1-9(2,3)17-8(16)13-5-10(11,12)4-6(13)7(14)15;1-5-6-7(8(12)13)11-9(14)15-10(2,3)4/h4-7,11H,8H2,1-3H3,(H,16,19)(H,17,18);8H,7H2,1-6H3,(H,14,18)(H,16,17);9-10H,4-8H2,1-3H3,(H,14,17)(H,15,16);7H,1-6H3,(H,12,15)(H,13,14);6H,4-5H2,1-3H3,(H,14,15);1,7H,6H2,2-4H3,(H,11,14)(H,12,13)/t11-;8-;10-;7-;6-;7-/m100000/s1. The fourth-order valence-corrected chi connectivity index (χ4v) is 8.65. The third kappa shape index (κ3) is 52.1. The van der Waals surface area contributed by atoms with Crippen molar-refractivity contribution in [1.82, 2.24) is 31.5 Å². The summed E-state index contributed by atoms with van der Waals surface area (Å²) in [6.07, 6.45) is 3.86. The Morgan fingerprint density at radius 2 is 0.840 bits per heavy atom. The molecule has 1 aromatic carbocycles. The minimum absolute atomic E-state index is 0.0174. The molecule has 1 saturated carbocycles. The number of likely N-dealkylation sites (tertiary alicyclic amines) is 1. The lowest BCUT2D eigenvalue weighted by atomic mass is 9.84. The number of esters is 1. The molecule has 106 heavy (non-hydrogen) atoms. The van der Waals surface area contributed by atoms with Crippen LogP contribution in [0.2, 0.25) is 0 Å². The van der Waals surface area contributed by atoms with Gasteiger partial charge in [-0.25, -0.2) is 66.3 Å². The highest BCUT2D eigenvalue weighted by atomic mass is 79.9. The van der Waals surface area contributed by atoms with Crippen LogP contribution in [0.5, 0.6) is 0 Å². The van der Waals surface area contributed by atoms with E-state index in [1.165, 1.54) is 0 Å². The molecular formula is C71H115BrF2N6O26. The summed E-state index contributed by atoms with van der Waals surface area (Å²) in [5, 5.41) is 65.3. The van der Waals surface area contributed by atoms with E-state index in [0.717, 1.165) is 42.1 Å². The van der Waals surface area contributed by atoms with Crippen LogP contribution in [0.15, 0.2) is 28.7 Å². The van der Waals surface area contributed by atoms with Crippen molar-refractivity contribution >= 4 is 94.3 Å². The fourth-order valence-electron chi connectivity index (χ4n) is 8.38. The Hall–Kier alpha value is -8.97. The molecular weight excluding hydrogens is 1470 g/mol. The topological polar surface area (TPSA) is 471 Å². The first-order chi connectivity index (χ1) is 47.5. The van der Waals surface area contributed by atoms with Crippen LogP contribution < -0.4 is 26.6 Å². The van der Waals surface area contributed by atoms with Crippen LogP contribution in [0, 0.1) is 23.7 Å². The molecule has 0 unspecified atom stereocenters. The second-order valence-electron chi connectivity index (χ2n) is 32.3.